The average molecular weight is 271 g/mol. The monoisotopic (exact) mass is 271 g/mol. The second-order valence-corrected chi connectivity index (χ2v) is 5.51. The topological polar surface area (TPSA) is 45.4 Å². The van der Waals surface area contributed by atoms with Gasteiger partial charge in [-0.25, -0.2) is 0 Å². The fraction of sp³-hybridized carbons (Fsp3) is 0.412. The highest BCUT2D eigenvalue weighted by molar-refractivity contribution is 5.26. The van der Waals surface area contributed by atoms with Crippen LogP contribution < -0.4 is 5.32 Å². The zero-order chi connectivity index (χ0) is 13.8. The van der Waals surface area contributed by atoms with Gasteiger partial charge < -0.3 is 14.8 Å². The predicted molar refractivity (Wildman–Crippen MR) is 78.3 cm³/mol. The van der Waals surface area contributed by atoms with Crippen LogP contribution in [0.2, 0.25) is 0 Å². The summed E-state index contributed by atoms with van der Waals surface area (Å²) >= 11 is 0. The molecule has 1 aliphatic carbocycles. The van der Waals surface area contributed by atoms with Gasteiger partial charge in [-0.3, -0.25) is 0 Å². The molecule has 0 bridgehead atoms. The van der Waals surface area contributed by atoms with Crippen molar-refractivity contribution in [3.63, 3.8) is 0 Å². The Kier molecular flexibility index (Phi) is 4.19. The molecule has 1 fully saturated rings. The number of rotatable bonds is 5. The van der Waals surface area contributed by atoms with Crippen molar-refractivity contribution in [2.24, 2.45) is 5.92 Å². The van der Waals surface area contributed by atoms with Crippen molar-refractivity contribution < 1.29 is 9.52 Å². The Labute approximate surface area is 119 Å². The molecular formula is C17H21NO2. The average Bonchev–Trinajstić information content (AvgIpc) is 3.16. The highest BCUT2D eigenvalue weighted by Crippen LogP contribution is 2.30. The predicted octanol–water partition coefficient (Wildman–Crippen LogP) is 3.12. The summed E-state index contributed by atoms with van der Waals surface area (Å²) in [6, 6.07) is 14.7. The van der Waals surface area contributed by atoms with Crippen LogP contribution in [-0.4, -0.2) is 17.8 Å². The van der Waals surface area contributed by atoms with E-state index in [9.17, 15) is 5.11 Å². The van der Waals surface area contributed by atoms with Crippen molar-refractivity contribution in [1.82, 2.24) is 5.32 Å². The van der Waals surface area contributed by atoms with Crippen molar-refractivity contribution in [3.05, 3.63) is 60.1 Å². The summed E-state index contributed by atoms with van der Waals surface area (Å²) in [5, 5.41) is 13.2. The Hall–Kier alpha value is -1.58. The molecule has 1 heterocycles. The van der Waals surface area contributed by atoms with Gasteiger partial charge in [0.05, 0.1) is 12.3 Å². The van der Waals surface area contributed by atoms with Gasteiger partial charge in [0, 0.05) is 12.6 Å². The van der Waals surface area contributed by atoms with Crippen molar-refractivity contribution >= 4 is 0 Å². The summed E-state index contributed by atoms with van der Waals surface area (Å²) in [6.07, 6.45) is 5.12. The van der Waals surface area contributed by atoms with E-state index in [4.69, 9.17) is 4.42 Å². The molecule has 2 aromatic rings. The molecule has 3 atom stereocenters. The molecule has 0 amide bonds. The van der Waals surface area contributed by atoms with E-state index in [-0.39, 0.29) is 12.6 Å². The molecular weight excluding hydrogens is 250 g/mol. The number of aliphatic hydroxyl groups is 1. The molecule has 3 rings (SSSR count). The molecule has 2 N–H and O–H groups in total. The van der Waals surface area contributed by atoms with Gasteiger partial charge in [-0.2, -0.15) is 0 Å². The van der Waals surface area contributed by atoms with Crippen LogP contribution in [0.3, 0.4) is 0 Å². The minimum absolute atomic E-state index is 0.0587. The molecule has 1 saturated carbocycles. The summed E-state index contributed by atoms with van der Waals surface area (Å²) in [6.45, 7) is 0.261. The SMILES string of the molecule is OCC1CCCC1NC(c1ccccc1)c1ccco1. The number of hydrogen-bond donors (Lipinski definition) is 2. The fourth-order valence-corrected chi connectivity index (χ4v) is 3.13. The van der Waals surface area contributed by atoms with Crippen LogP contribution in [-0.2, 0) is 0 Å². The van der Waals surface area contributed by atoms with E-state index in [0.717, 1.165) is 18.6 Å². The first-order valence-corrected chi connectivity index (χ1v) is 7.33. The summed E-state index contributed by atoms with van der Waals surface area (Å²) in [7, 11) is 0. The van der Waals surface area contributed by atoms with Gasteiger partial charge in [0.2, 0.25) is 0 Å². The fourth-order valence-electron chi connectivity index (χ4n) is 3.13. The lowest BCUT2D eigenvalue weighted by molar-refractivity contribution is 0.200. The van der Waals surface area contributed by atoms with E-state index >= 15 is 0 Å². The first-order chi connectivity index (χ1) is 9.88. The van der Waals surface area contributed by atoms with E-state index in [1.54, 1.807) is 6.26 Å². The van der Waals surface area contributed by atoms with Crippen LogP contribution in [0.15, 0.2) is 53.1 Å². The van der Waals surface area contributed by atoms with Gasteiger partial charge in [0.15, 0.2) is 0 Å². The van der Waals surface area contributed by atoms with Gasteiger partial charge in [-0.05, 0) is 36.5 Å². The molecule has 0 radical (unpaired) electrons. The van der Waals surface area contributed by atoms with Crippen LogP contribution in [0.25, 0.3) is 0 Å². The number of hydrogen-bond acceptors (Lipinski definition) is 3. The molecule has 106 valence electrons. The summed E-state index contributed by atoms with van der Waals surface area (Å²) in [4.78, 5) is 0. The van der Waals surface area contributed by atoms with Crippen molar-refractivity contribution in [3.8, 4) is 0 Å². The molecule has 3 nitrogen and oxygen atoms in total. The Morgan fingerprint density at radius 2 is 2.00 bits per heavy atom. The van der Waals surface area contributed by atoms with E-state index < -0.39 is 0 Å². The van der Waals surface area contributed by atoms with E-state index in [1.165, 1.54) is 12.0 Å². The third kappa shape index (κ3) is 2.79. The zero-order valence-corrected chi connectivity index (χ0v) is 11.5. The van der Waals surface area contributed by atoms with Gasteiger partial charge in [-0.1, -0.05) is 36.8 Å². The Morgan fingerprint density at radius 1 is 1.15 bits per heavy atom. The standard InChI is InChI=1S/C17H21NO2/c19-12-14-8-4-9-15(14)18-17(16-10-5-11-20-16)13-6-2-1-3-7-13/h1-3,5-7,10-11,14-15,17-19H,4,8-9,12H2. The largest absolute Gasteiger partial charge is 0.467 e. The Balaban J connectivity index is 1.83. The van der Waals surface area contributed by atoms with Gasteiger partial charge in [0.25, 0.3) is 0 Å². The molecule has 1 aromatic carbocycles. The summed E-state index contributed by atoms with van der Waals surface area (Å²) in [5.74, 6) is 1.29. The maximum atomic E-state index is 9.49. The highest BCUT2D eigenvalue weighted by Gasteiger charge is 2.30. The van der Waals surface area contributed by atoms with E-state index in [1.807, 2.05) is 30.3 Å². The quantitative estimate of drug-likeness (QED) is 0.878. The van der Waals surface area contributed by atoms with Crippen LogP contribution in [0.5, 0.6) is 0 Å². The van der Waals surface area contributed by atoms with Crippen LogP contribution in [0.4, 0.5) is 0 Å². The Morgan fingerprint density at radius 3 is 2.70 bits per heavy atom. The normalized spacial score (nSPS) is 23.9. The highest BCUT2D eigenvalue weighted by atomic mass is 16.3. The van der Waals surface area contributed by atoms with Crippen LogP contribution >= 0.6 is 0 Å². The smallest absolute Gasteiger partial charge is 0.125 e. The lowest BCUT2D eigenvalue weighted by Gasteiger charge is -2.25. The molecule has 0 spiro atoms. The maximum Gasteiger partial charge on any atom is 0.125 e. The summed E-state index contributed by atoms with van der Waals surface area (Å²) in [5.41, 5.74) is 1.20. The number of benzene rings is 1. The van der Waals surface area contributed by atoms with Gasteiger partial charge in [-0.15, -0.1) is 0 Å². The van der Waals surface area contributed by atoms with E-state index in [2.05, 4.69) is 17.4 Å². The molecule has 3 heteroatoms. The zero-order valence-electron chi connectivity index (χ0n) is 11.5. The third-order valence-corrected chi connectivity index (χ3v) is 4.23. The number of nitrogens with one attached hydrogen (secondary N) is 1. The van der Waals surface area contributed by atoms with Gasteiger partial charge in [0.1, 0.15) is 5.76 Å². The number of furan rings is 1. The maximum absolute atomic E-state index is 9.49. The lowest BCUT2D eigenvalue weighted by atomic mass is 9.99. The van der Waals surface area contributed by atoms with Crippen LogP contribution in [0.1, 0.15) is 36.6 Å². The molecule has 0 saturated heterocycles. The van der Waals surface area contributed by atoms with Gasteiger partial charge >= 0.3 is 0 Å². The van der Waals surface area contributed by atoms with E-state index in [0.29, 0.717) is 12.0 Å². The van der Waals surface area contributed by atoms with Crippen molar-refractivity contribution in [1.29, 1.82) is 0 Å². The molecule has 0 aliphatic heterocycles. The van der Waals surface area contributed by atoms with Crippen LogP contribution in [0, 0.1) is 5.92 Å². The van der Waals surface area contributed by atoms with Crippen molar-refractivity contribution in [2.45, 2.75) is 31.3 Å². The molecule has 20 heavy (non-hydrogen) atoms. The molecule has 1 aliphatic rings. The Bertz CT molecular complexity index is 509. The minimum Gasteiger partial charge on any atom is -0.467 e. The second-order valence-electron chi connectivity index (χ2n) is 5.51. The molecule has 1 aromatic heterocycles. The second kappa shape index (κ2) is 6.25. The van der Waals surface area contributed by atoms with Crippen molar-refractivity contribution in [2.75, 3.05) is 6.61 Å². The first kappa shape index (κ1) is 13.4. The third-order valence-electron chi connectivity index (χ3n) is 4.23. The first-order valence-electron chi connectivity index (χ1n) is 7.33. The lowest BCUT2D eigenvalue weighted by Crippen LogP contribution is -2.37. The molecule has 3 unspecified atom stereocenters. The minimum atomic E-state index is 0.0587. The number of aliphatic hydroxyl groups excluding tert-OH is 1. The summed E-state index contributed by atoms with van der Waals surface area (Å²) < 4.78 is 5.60.